The first-order chi connectivity index (χ1) is 6.92. The Labute approximate surface area is 82.9 Å². The van der Waals surface area contributed by atoms with Crippen LogP contribution in [0.2, 0.25) is 0 Å². The number of nitriles is 1. The highest BCUT2D eigenvalue weighted by Gasteiger charge is 2.27. The third kappa shape index (κ3) is 1.77. The average molecular weight is 189 g/mol. The van der Waals surface area contributed by atoms with Crippen molar-refractivity contribution in [2.75, 3.05) is 13.2 Å². The highest BCUT2D eigenvalue weighted by molar-refractivity contribution is 5.25. The number of hydrogen-bond acceptors (Lipinski definition) is 3. The fourth-order valence-corrected chi connectivity index (χ4v) is 1.52. The van der Waals surface area contributed by atoms with E-state index >= 15 is 0 Å². The Hall–Kier alpha value is -1.37. The molecule has 1 unspecified atom stereocenters. The minimum absolute atomic E-state index is 0.321. The Bertz CT molecular complexity index is 325. The molecule has 1 aliphatic rings. The largest absolute Gasteiger partial charge is 0.348 e. The third-order valence-corrected chi connectivity index (χ3v) is 2.22. The Balaban J connectivity index is 2.18. The van der Waals surface area contributed by atoms with E-state index in [1.165, 1.54) is 0 Å². The van der Waals surface area contributed by atoms with Crippen LogP contribution in [-0.2, 0) is 9.47 Å². The van der Waals surface area contributed by atoms with Crippen molar-refractivity contribution in [3.05, 3.63) is 35.9 Å². The van der Waals surface area contributed by atoms with Crippen LogP contribution in [0.25, 0.3) is 0 Å². The molecule has 14 heavy (non-hydrogen) atoms. The monoisotopic (exact) mass is 189 g/mol. The molecule has 0 bridgehead atoms. The van der Waals surface area contributed by atoms with Gasteiger partial charge in [-0.3, -0.25) is 0 Å². The number of nitrogens with zero attached hydrogens (tertiary/aromatic N) is 1. The lowest BCUT2D eigenvalue weighted by molar-refractivity contribution is -0.0493. The smallest absolute Gasteiger partial charge is 0.177 e. The minimum atomic E-state index is -0.401. The molecule has 1 aromatic carbocycles. The molecular weight excluding hydrogens is 178 g/mol. The second-order valence-electron chi connectivity index (χ2n) is 3.13. The number of ether oxygens (including phenoxy) is 2. The second-order valence-corrected chi connectivity index (χ2v) is 3.13. The van der Waals surface area contributed by atoms with E-state index in [1.807, 2.05) is 30.3 Å². The van der Waals surface area contributed by atoms with Gasteiger partial charge in [0.25, 0.3) is 0 Å². The Morgan fingerprint density at radius 1 is 1.21 bits per heavy atom. The molecule has 72 valence electrons. The molecule has 0 saturated carbocycles. The lowest BCUT2D eigenvalue weighted by Gasteiger charge is -2.15. The van der Waals surface area contributed by atoms with Crippen molar-refractivity contribution in [1.82, 2.24) is 0 Å². The van der Waals surface area contributed by atoms with Crippen LogP contribution in [0, 0.1) is 11.3 Å². The number of benzene rings is 1. The van der Waals surface area contributed by atoms with Crippen LogP contribution in [0.1, 0.15) is 11.5 Å². The maximum absolute atomic E-state index is 9.03. The molecule has 1 atom stereocenters. The van der Waals surface area contributed by atoms with Crippen molar-refractivity contribution in [3.8, 4) is 6.07 Å². The van der Waals surface area contributed by atoms with Gasteiger partial charge >= 0.3 is 0 Å². The molecule has 2 rings (SSSR count). The maximum atomic E-state index is 9.03. The molecule has 0 spiro atoms. The van der Waals surface area contributed by atoms with Crippen molar-refractivity contribution in [2.45, 2.75) is 12.2 Å². The van der Waals surface area contributed by atoms with Crippen LogP contribution in [0.5, 0.6) is 0 Å². The van der Waals surface area contributed by atoms with E-state index in [2.05, 4.69) is 6.07 Å². The van der Waals surface area contributed by atoms with Gasteiger partial charge < -0.3 is 9.47 Å². The summed E-state index contributed by atoms with van der Waals surface area (Å²) in [4.78, 5) is 0. The minimum Gasteiger partial charge on any atom is -0.348 e. The van der Waals surface area contributed by atoms with E-state index < -0.39 is 6.29 Å². The van der Waals surface area contributed by atoms with E-state index in [-0.39, 0.29) is 5.92 Å². The van der Waals surface area contributed by atoms with Gasteiger partial charge in [-0.2, -0.15) is 5.26 Å². The van der Waals surface area contributed by atoms with E-state index in [9.17, 15) is 0 Å². The molecule has 1 aromatic rings. The molecule has 0 aliphatic carbocycles. The first-order valence-corrected chi connectivity index (χ1v) is 4.59. The van der Waals surface area contributed by atoms with E-state index in [4.69, 9.17) is 14.7 Å². The van der Waals surface area contributed by atoms with Crippen LogP contribution < -0.4 is 0 Å². The van der Waals surface area contributed by atoms with Gasteiger partial charge in [-0.1, -0.05) is 30.3 Å². The number of rotatable bonds is 2. The summed E-state index contributed by atoms with van der Waals surface area (Å²) in [5.41, 5.74) is 0.946. The normalized spacial score (nSPS) is 19.1. The fraction of sp³-hybridized carbons (Fsp3) is 0.364. The molecular formula is C11H11NO2. The topological polar surface area (TPSA) is 42.2 Å². The van der Waals surface area contributed by atoms with E-state index in [0.717, 1.165) is 5.56 Å². The van der Waals surface area contributed by atoms with Gasteiger partial charge in [0, 0.05) is 0 Å². The van der Waals surface area contributed by atoms with Gasteiger partial charge in [-0.25, -0.2) is 0 Å². The molecule has 1 heterocycles. The summed E-state index contributed by atoms with van der Waals surface area (Å²) in [5.74, 6) is -0.321. The molecule has 3 nitrogen and oxygen atoms in total. The summed E-state index contributed by atoms with van der Waals surface area (Å²) in [6.07, 6.45) is -0.401. The van der Waals surface area contributed by atoms with Gasteiger partial charge in [0.05, 0.1) is 19.3 Å². The van der Waals surface area contributed by atoms with Gasteiger partial charge in [0.2, 0.25) is 0 Å². The van der Waals surface area contributed by atoms with Crippen LogP contribution in [0.15, 0.2) is 30.3 Å². The van der Waals surface area contributed by atoms with Gasteiger partial charge in [0.15, 0.2) is 6.29 Å². The maximum Gasteiger partial charge on any atom is 0.177 e. The molecule has 0 aromatic heterocycles. The van der Waals surface area contributed by atoms with E-state index in [1.54, 1.807) is 0 Å². The molecule has 0 radical (unpaired) electrons. The standard InChI is InChI=1S/C11H11NO2/c12-8-10(11-13-6-7-14-11)9-4-2-1-3-5-9/h1-5,10-11H,6-7H2. The Morgan fingerprint density at radius 3 is 2.43 bits per heavy atom. The highest BCUT2D eigenvalue weighted by atomic mass is 16.7. The lowest BCUT2D eigenvalue weighted by atomic mass is 10.0. The molecule has 1 fully saturated rings. The first-order valence-electron chi connectivity index (χ1n) is 4.59. The zero-order valence-electron chi connectivity index (χ0n) is 7.72. The van der Waals surface area contributed by atoms with Crippen LogP contribution >= 0.6 is 0 Å². The lowest BCUT2D eigenvalue weighted by Crippen LogP contribution is -2.17. The van der Waals surface area contributed by atoms with Gasteiger partial charge in [0.1, 0.15) is 5.92 Å². The second kappa shape index (κ2) is 4.23. The molecule has 1 saturated heterocycles. The summed E-state index contributed by atoms with van der Waals surface area (Å²) in [5, 5.41) is 9.03. The zero-order chi connectivity index (χ0) is 9.80. The predicted molar refractivity (Wildman–Crippen MR) is 50.5 cm³/mol. The van der Waals surface area contributed by atoms with Crippen LogP contribution in [0.4, 0.5) is 0 Å². The third-order valence-electron chi connectivity index (χ3n) is 2.22. The van der Waals surface area contributed by atoms with E-state index in [0.29, 0.717) is 13.2 Å². The number of hydrogen-bond donors (Lipinski definition) is 0. The summed E-state index contributed by atoms with van der Waals surface area (Å²) >= 11 is 0. The van der Waals surface area contributed by atoms with Gasteiger partial charge in [-0.15, -0.1) is 0 Å². The summed E-state index contributed by atoms with van der Waals surface area (Å²) in [6, 6.07) is 11.8. The highest BCUT2D eigenvalue weighted by Crippen LogP contribution is 2.24. The molecule has 0 amide bonds. The average Bonchev–Trinajstić information content (AvgIpc) is 2.74. The van der Waals surface area contributed by atoms with Crippen molar-refractivity contribution >= 4 is 0 Å². The summed E-state index contributed by atoms with van der Waals surface area (Å²) in [7, 11) is 0. The Kier molecular flexibility index (Phi) is 2.78. The Morgan fingerprint density at radius 2 is 1.86 bits per heavy atom. The molecule has 1 aliphatic heterocycles. The van der Waals surface area contributed by atoms with Crippen LogP contribution in [0.3, 0.4) is 0 Å². The summed E-state index contributed by atoms with van der Waals surface area (Å²) < 4.78 is 10.6. The SMILES string of the molecule is N#CC(c1ccccc1)C1OCCO1. The summed E-state index contributed by atoms with van der Waals surface area (Å²) in [6.45, 7) is 1.16. The first kappa shape index (κ1) is 9.20. The van der Waals surface area contributed by atoms with Crippen molar-refractivity contribution in [1.29, 1.82) is 5.26 Å². The predicted octanol–water partition coefficient (Wildman–Crippen LogP) is 1.67. The van der Waals surface area contributed by atoms with Gasteiger partial charge in [-0.05, 0) is 5.56 Å². The zero-order valence-corrected chi connectivity index (χ0v) is 7.72. The van der Waals surface area contributed by atoms with Crippen LogP contribution in [-0.4, -0.2) is 19.5 Å². The van der Waals surface area contributed by atoms with Crippen molar-refractivity contribution in [2.24, 2.45) is 0 Å². The van der Waals surface area contributed by atoms with Crippen molar-refractivity contribution < 1.29 is 9.47 Å². The van der Waals surface area contributed by atoms with Crippen molar-refractivity contribution in [3.63, 3.8) is 0 Å². The fourth-order valence-electron chi connectivity index (χ4n) is 1.52. The quantitative estimate of drug-likeness (QED) is 0.710. The molecule has 0 N–H and O–H groups in total. The molecule has 3 heteroatoms.